The number of benzene rings is 1. The lowest BCUT2D eigenvalue weighted by Gasteiger charge is -2.09. The molecule has 0 aliphatic heterocycles. The predicted octanol–water partition coefficient (Wildman–Crippen LogP) is 4.39. The fraction of sp³-hybridized carbons (Fsp3) is 0.150. The van der Waals surface area contributed by atoms with Crippen molar-refractivity contribution in [2.45, 2.75) is 13.3 Å². The van der Waals surface area contributed by atoms with Crippen molar-refractivity contribution in [3.8, 4) is 10.4 Å². The van der Waals surface area contributed by atoms with Gasteiger partial charge in [0.2, 0.25) is 0 Å². The van der Waals surface area contributed by atoms with E-state index in [1.807, 2.05) is 48.7 Å². The molecule has 0 unspecified atom stereocenters. The topological polar surface area (TPSA) is 59.3 Å². The van der Waals surface area contributed by atoms with Crippen molar-refractivity contribution in [2.24, 2.45) is 0 Å². The highest BCUT2D eigenvalue weighted by atomic mass is 35.5. The summed E-state index contributed by atoms with van der Waals surface area (Å²) in [6.07, 6.45) is 4.13. The number of hydrogen-bond donors (Lipinski definition) is 1. The van der Waals surface area contributed by atoms with Gasteiger partial charge < -0.3 is 5.32 Å². The largest absolute Gasteiger partial charge is 0.352 e. The van der Waals surface area contributed by atoms with E-state index in [1.54, 1.807) is 28.2 Å². The van der Waals surface area contributed by atoms with Gasteiger partial charge in [0.05, 0.1) is 23.0 Å². The highest BCUT2D eigenvalue weighted by Crippen LogP contribution is 2.28. The minimum absolute atomic E-state index is 0.155. The summed E-state index contributed by atoms with van der Waals surface area (Å²) in [4.78, 5) is 18.2. The molecule has 0 fully saturated rings. The van der Waals surface area contributed by atoms with Crippen LogP contribution in [0.2, 0.25) is 5.02 Å². The fourth-order valence-electron chi connectivity index (χ4n) is 2.98. The van der Waals surface area contributed by atoms with Gasteiger partial charge in [-0.1, -0.05) is 29.8 Å². The number of aryl methyl sites for hydroxylation is 1. The Hall–Kier alpha value is -2.70. The lowest BCUT2D eigenvalue weighted by molar-refractivity contribution is 0.0952. The Labute approximate surface area is 165 Å². The van der Waals surface area contributed by atoms with Crippen LogP contribution < -0.4 is 5.32 Å². The molecule has 0 aliphatic carbocycles. The number of nitrogens with one attached hydrogen (secondary N) is 1. The molecule has 136 valence electrons. The molecule has 1 amide bonds. The van der Waals surface area contributed by atoms with Gasteiger partial charge in [-0.3, -0.25) is 4.79 Å². The number of aromatic nitrogens is 3. The van der Waals surface area contributed by atoms with Crippen LogP contribution in [-0.4, -0.2) is 27.0 Å². The Morgan fingerprint density at radius 2 is 2.15 bits per heavy atom. The van der Waals surface area contributed by atoms with Gasteiger partial charge in [-0.05, 0) is 42.5 Å². The standard InChI is InChI=1S/C20H17ClN4OS/c1-13-16(20(26)22-8-7-14-4-2-5-15(21)10-14)11-23-19-17(12-24-25(13)19)18-6-3-9-27-18/h2-6,9-12H,7-8H2,1H3,(H,22,26). The molecule has 1 N–H and O–H groups in total. The zero-order chi connectivity index (χ0) is 18.8. The molecule has 3 aromatic heterocycles. The summed E-state index contributed by atoms with van der Waals surface area (Å²) >= 11 is 7.63. The van der Waals surface area contributed by atoms with E-state index >= 15 is 0 Å². The normalized spacial score (nSPS) is 11.0. The van der Waals surface area contributed by atoms with Crippen molar-refractivity contribution in [3.05, 3.63) is 76.0 Å². The van der Waals surface area contributed by atoms with E-state index in [0.717, 1.165) is 27.3 Å². The maximum Gasteiger partial charge on any atom is 0.254 e. The van der Waals surface area contributed by atoms with Crippen molar-refractivity contribution in [1.29, 1.82) is 0 Å². The van der Waals surface area contributed by atoms with Crippen LogP contribution in [0.25, 0.3) is 16.1 Å². The van der Waals surface area contributed by atoms with Gasteiger partial charge in [0.15, 0.2) is 5.65 Å². The van der Waals surface area contributed by atoms with Crippen molar-refractivity contribution < 1.29 is 4.79 Å². The lowest BCUT2D eigenvalue weighted by Crippen LogP contribution is -2.27. The van der Waals surface area contributed by atoms with Gasteiger partial charge in [0, 0.05) is 22.6 Å². The maximum absolute atomic E-state index is 12.6. The Morgan fingerprint density at radius 1 is 1.26 bits per heavy atom. The molecule has 0 saturated carbocycles. The van der Waals surface area contributed by atoms with Crippen LogP contribution in [0.5, 0.6) is 0 Å². The molecule has 0 spiro atoms. The van der Waals surface area contributed by atoms with Crippen LogP contribution in [-0.2, 0) is 6.42 Å². The average Bonchev–Trinajstić information content (AvgIpc) is 3.31. The molecule has 0 saturated heterocycles. The number of carbonyl (C=O) groups is 1. The summed E-state index contributed by atoms with van der Waals surface area (Å²) in [6, 6.07) is 11.7. The number of nitrogens with zero attached hydrogens (tertiary/aromatic N) is 3. The summed E-state index contributed by atoms with van der Waals surface area (Å²) in [5.74, 6) is -0.155. The highest BCUT2D eigenvalue weighted by Gasteiger charge is 2.16. The van der Waals surface area contributed by atoms with Gasteiger partial charge in [-0.25, -0.2) is 9.50 Å². The predicted molar refractivity (Wildman–Crippen MR) is 109 cm³/mol. The minimum atomic E-state index is -0.155. The molecule has 1 aromatic carbocycles. The molecule has 0 radical (unpaired) electrons. The van der Waals surface area contributed by atoms with Crippen LogP contribution in [0.15, 0.2) is 54.2 Å². The third-order valence-electron chi connectivity index (χ3n) is 4.39. The second-order valence-corrected chi connectivity index (χ2v) is 7.55. The van der Waals surface area contributed by atoms with Crippen LogP contribution in [0, 0.1) is 6.92 Å². The van der Waals surface area contributed by atoms with Gasteiger partial charge in [0.25, 0.3) is 5.91 Å². The summed E-state index contributed by atoms with van der Waals surface area (Å²) in [5.41, 5.74) is 4.10. The molecule has 0 atom stereocenters. The molecule has 0 bridgehead atoms. The first-order valence-electron chi connectivity index (χ1n) is 8.53. The van der Waals surface area contributed by atoms with Crippen LogP contribution in [0.3, 0.4) is 0 Å². The van der Waals surface area contributed by atoms with E-state index in [-0.39, 0.29) is 5.91 Å². The van der Waals surface area contributed by atoms with Crippen molar-refractivity contribution in [3.63, 3.8) is 0 Å². The number of fused-ring (bicyclic) bond motifs is 1. The van der Waals surface area contributed by atoms with E-state index in [0.29, 0.717) is 23.6 Å². The van der Waals surface area contributed by atoms with Gasteiger partial charge in [0.1, 0.15) is 0 Å². The monoisotopic (exact) mass is 396 g/mol. The number of rotatable bonds is 5. The molecule has 7 heteroatoms. The van der Waals surface area contributed by atoms with Crippen molar-refractivity contribution in [1.82, 2.24) is 19.9 Å². The third kappa shape index (κ3) is 3.59. The Bertz CT molecular complexity index is 1100. The molecule has 3 heterocycles. The van der Waals surface area contributed by atoms with Crippen LogP contribution >= 0.6 is 22.9 Å². The molecule has 0 aliphatic rings. The van der Waals surface area contributed by atoms with Crippen molar-refractivity contribution >= 4 is 34.5 Å². The van der Waals surface area contributed by atoms with Gasteiger partial charge in [-0.15, -0.1) is 11.3 Å². The highest BCUT2D eigenvalue weighted by molar-refractivity contribution is 7.13. The van der Waals surface area contributed by atoms with E-state index in [1.165, 1.54) is 0 Å². The number of halogens is 1. The fourth-order valence-corrected chi connectivity index (χ4v) is 3.93. The first kappa shape index (κ1) is 17.7. The Morgan fingerprint density at radius 3 is 2.93 bits per heavy atom. The zero-order valence-corrected chi connectivity index (χ0v) is 16.2. The Kier molecular flexibility index (Phi) is 4.92. The second kappa shape index (κ2) is 7.50. The third-order valence-corrected chi connectivity index (χ3v) is 5.53. The number of thiophene rings is 1. The number of hydrogen-bond acceptors (Lipinski definition) is 4. The van der Waals surface area contributed by atoms with E-state index < -0.39 is 0 Å². The van der Waals surface area contributed by atoms with E-state index in [4.69, 9.17) is 11.6 Å². The van der Waals surface area contributed by atoms with Gasteiger partial charge in [-0.2, -0.15) is 5.10 Å². The first-order chi connectivity index (χ1) is 13.1. The summed E-state index contributed by atoms with van der Waals surface area (Å²) in [7, 11) is 0. The molecule has 5 nitrogen and oxygen atoms in total. The SMILES string of the molecule is Cc1c(C(=O)NCCc2cccc(Cl)c2)cnc2c(-c3cccs3)cnn12. The molecule has 27 heavy (non-hydrogen) atoms. The Balaban J connectivity index is 1.51. The molecular weight excluding hydrogens is 380 g/mol. The quantitative estimate of drug-likeness (QED) is 0.544. The first-order valence-corrected chi connectivity index (χ1v) is 9.79. The minimum Gasteiger partial charge on any atom is -0.352 e. The smallest absolute Gasteiger partial charge is 0.254 e. The van der Waals surface area contributed by atoms with Crippen LogP contribution in [0.1, 0.15) is 21.6 Å². The summed E-state index contributed by atoms with van der Waals surface area (Å²) in [5, 5.41) is 10.1. The second-order valence-electron chi connectivity index (χ2n) is 6.16. The molecule has 4 rings (SSSR count). The lowest BCUT2D eigenvalue weighted by atomic mass is 10.1. The van der Waals surface area contributed by atoms with Crippen LogP contribution in [0.4, 0.5) is 0 Å². The average molecular weight is 397 g/mol. The molecule has 4 aromatic rings. The van der Waals surface area contributed by atoms with Crippen molar-refractivity contribution in [2.75, 3.05) is 6.54 Å². The number of carbonyl (C=O) groups excluding carboxylic acids is 1. The maximum atomic E-state index is 12.6. The summed E-state index contributed by atoms with van der Waals surface area (Å²) in [6.45, 7) is 2.40. The summed E-state index contributed by atoms with van der Waals surface area (Å²) < 4.78 is 1.72. The number of amides is 1. The van der Waals surface area contributed by atoms with E-state index in [9.17, 15) is 4.79 Å². The molecular formula is C20H17ClN4OS. The zero-order valence-electron chi connectivity index (χ0n) is 14.6. The van der Waals surface area contributed by atoms with Gasteiger partial charge >= 0.3 is 0 Å². The van der Waals surface area contributed by atoms with E-state index in [2.05, 4.69) is 15.4 Å².